The van der Waals surface area contributed by atoms with Crippen molar-refractivity contribution >= 4 is 93.0 Å². The Morgan fingerprint density at radius 1 is 0.400 bits per heavy atom. The molecule has 0 saturated heterocycles. The fourth-order valence-electron chi connectivity index (χ4n) is 4.30. The summed E-state index contributed by atoms with van der Waals surface area (Å²) in [5, 5.41) is 42.0. The predicted octanol–water partition coefficient (Wildman–Crippen LogP) is -16.4. The molecule has 286 valence electrons. The molecule has 0 spiro atoms. The molecule has 4 rings (SSSR count). The van der Waals surface area contributed by atoms with Crippen LogP contribution in [0.1, 0.15) is 96.9 Å². The van der Waals surface area contributed by atoms with E-state index in [4.69, 9.17) is 0 Å². The van der Waals surface area contributed by atoms with Crippen LogP contribution in [0, 0.1) is 6.92 Å². The number of carbonyl (C=O) groups is 4. The first kappa shape index (κ1) is 78.8. The van der Waals surface area contributed by atoms with Crippen LogP contribution in [-0.4, -0.2) is 93.0 Å². The number of carboxylic acid groups (broad SMARTS) is 4. The number of benzene rings is 4. The summed E-state index contributed by atoms with van der Waals surface area (Å²) in [6.07, 6.45) is 2.91. The van der Waals surface area contributed by atoms with E-state index in [9.17, 15) is 39.6 Å². The van der Waals surface area contributed by atoms with Crippen LogP contribution in [0.25, 0.3) is 0 Å². The summed E-state index contributed by atoms with van der Waals surface area (Å²) in [6, 6.07) is 25.9. The molecule has 8 nitrogen and oxygen atoms in total. The monoisotopic (exact) mass is 940 g/mol. The van der Waals surface area contributed by atoms with Gasteiger partial charge >= 0.3 is 90.9 Å². The standard InChI is InChI=1S/C10H12O2.3C9H10O2.6ClH.3Mg.Ti/c1-3-8-6-7(2)4-5-9(8)10(11)12;3*1-2-7-5-3-4-6-8(7)9(10)11;;;;;;;;;;/h4-6H,3H2,1-2H3,(H,11,12);3*3-6H,2H2,1H3,(H,10,11);6*1H;;;;/q;;;;;;;;;;3*+2;+4/p-10. The average Bonchev–Trinajstić information content (AvgIpc) is 3.05. The van der Waals surface area contributed by atoms with E-state index in [0.29, 0.717) is 22.3 Å². The van der Waals surface area contributed by atoms with Crippen LogP contribution in [0.3, 0.4) is 0 Å². The molecular weight excluding hydrogens is 906 g/mol. The largest absolute Gasteiger partial charge is 4.00 e. The topological polar surface area (TPSA) is 161 Å². The van der Waals surface area contributed by atoms with Crippen LogP contribution in [0.15, 0.2) is 91.0 Å². The summed E-state index contributed by atoms with van der Waals surface area (Å²) >= 11 is 0. The average molecular weight is 944 g/mol. The smallest absolute Gasteiger partial charge is 1.00 e. The molecule has 0 fully saturated rings. The van der Waals surface area contributed by atoms with Gasteiger partial charge < -0.3 is 114 Å². The first-order valence-corrected chi connectivity index (χ1v) is 14.6. The molecule has 4 aromatic rings. The molecule has 4 aromatic carbocycles. The Morgan fingerprint density at radius 2 is 0.618 bits per heavy atom. The predicted molar refractivity (Wildman–Crippen MR) is 183 cm³/mol. The second-order valence-electron chi connectivity index (χ2n) is 9.70. The molecule has 0 N–H and O–H groups in total. The minimum Gasteiger partial charge on any atom is -1.00 e. The van der Waals surface area contributed by atoms with Gasteiger partial charge in [-0.25, -0.2) is 0 Å². The Bertz CT molecular complexity index is 1490. The number of aryl methyl sites for hydroxylation is 5. The normalized spacial score (nSPS) is 7.87. The van der Waals surface area contributed by atoms with Gasteiger partial charge in [0.1, 0.15) is 0 Å². The Hall–Kier alpha value is -0.487. The third-order valence-corrected chi connectivity index (χ3v) is 6.72. The first-order valence-electron chi connectivity index (χ1n) is 14.6. The van der Waals surface area contributed by atoms with Crippen LogP contribution in [-0.2, 0) is 47.4 Å². The Kier molecular flexibility index (Phi) is 63.9. The molecule has 0 aromatic heterocycles. The summed E-state index contributed by atoms with van der Waals surface area (Å²) in [4.78, 5) is 42.0. The molecule has 55 heavy (non-hydrogen) atoms. The molecule has 0 unspecified atom stereocenters. The van der Waals surface area contributed by atoms with Gasteiger partial charge in [-0.15, -0.1) is 0 Å². The van der Waals surface area contributed by atoms with Crippen LogP contribution < -0.4 is 94.9 Å². The maximum Gasteiger partial charge on any atom is 4.00 e. The minimum atomic E-state index is -1.09. The fourth-order valence-corrected chi connectivity index (χ4v) is 4.30. The van der Waals surface area contributed by atoms with Crippen molar-refractivity contribution in [2.45, 2.75) is 60.3 Å². The van der Waals surface area contributed by atoms with Gasteiger partial charge in [0.05, 0.1) is 23.9 Å². The molecule has 18 heteroatoms. The Morgan fingerprint density at radius 3 is 0.818 bits per heavy atom. The Balaban J connectivity index is -0.0000000579. The Labute approximate surface area is 425 Å². The quantitative estimate of drug-likeness (QED) is 0.158. The van der Waals surface area contributed by atoms with Crippen molar-refractivity contribution in [1.82, 2.24) is 0 Å². The summed E-state index contributed by atoms with van der Waals surface area (Å²) in [6.45, 7) is 9.63. The molecule has 0 bridgehead atoms. The third-order valence-electron chi connectivity index (χ3n) is 6.72. The molecular formula is C37H38Cl6Mg3O8Ti. The van der Waals surface area contributed by atoms with Crippen LogP contribution in [0.4, 0.5) is 0 Å². The summed E-state index contributed by atoms with van der Waals surface area (Å²) in [5.41, 5.74) is 5.61. The number of halogens is 6. The van der Waals surface area contributed by atoms with Gasteiger partial charge in [0.15, 0.2) is 0 Å². The van der Waals surface area contributed by atoms with Crippen molar-refractivity contribution in [2.24, 2.45) is 0 Å². The first-order chi connectivity index (χ1) is 21.4. The summed E-state index contributed by atoms with van der Waals surface area (Å²) in [5.74, 6) is -4.38. The third kappa shape index (κ3) is 29.4. The number of carboxylic acids is 4. The van der Waals surface area contributed by atoms with Crippen molar-refractivity contribution in [3.63, 3.8) is 0 Å². The second kappa shape index (κ2) is 44.6. The molecule has 0 aliphatic carbocycles. The SMILES string of the molecule is CCc1cc(C)ccc1C(=O)[O-].CCc1ccccc1C(=O)[O-].CCc1ccccc1C(=O)[O-].CCc1ccccc1C(=O)[O-].[Cl-].[Cl-].[Cl-].[Cl-].[Cl-].[Cl-].[Mg+2].[Mg+2].[Mg+2].[Ti+4]. The van der Waals surface area contributed by atoms with Crippen molar-refractivity contribution in [3.8, 4) is 0 Å². The van der Waals surface area contributed by atoms with Crippen LogP contribution >= 0.6 is 0 Å². The molecule has 0 heterocycles. The summed E-state index contributed by atoms with van der Waals surface area (Å²) < 4.78 is 0. The number of carbonyl (C=O) groups excluding carboxylic acids is 4. The van der Waals surface area contributed by atoms with Gasteiger partial charge in [0.2, 0.25) is 0 Å². The number of hydrogen-bond donors (Lipinski definition) is 0. The van der Waals surface area contributed by atoms with Crippen molar-refractivity contribution in [1.29, 1.82) is 0 Å². The molecule has 0 aliphatic heterocycles. The van der Waals surface area contributed by atoms with Gasteiger partial charge in [0.25, 0.3) is 0 Å². The van der Waals surface area contributed by atoms with Crippen LogP contribution in [0.2, 0.25) is 0 Å². The molecule has 0 aliphatic rings. The van der Waals surface area contributed by atoms with E-state index in [0.717, 1.165) is 53.5 Å². The van der Waals surface area contributed by atoms with E-state index in [1.807, 2.05) is 58.9 Å². The van der Waals surface area contributed by atoms with Crippen molar-refractivity contribution in [2.75, 3.05) is 0 Å². The zero-order valence-corrected chi connectivity index (χ0v) is 41.5. The number of aromatic carboxylic acids is 4. The maximum atomic E-state index is 10.6. The van der Waals surface area contributed by atoms with E-state index in [1.165, 1.54) is 0 Å². The van der Waals surface area contributed by atoms with E-state index >= 15 is 0 Å². The molecule has 0 atom stereocenters. The minimum absolute atomic E-state index is 0. The van der Waals surface area contributed by atoms with Crippen molar-refractivity contribution < 1.29 is 136 Å². The molecule has 0 amide bonds. The van der Waals surface area contributed by atoms with Gasteiger partial charge in [-0.3, -0.25) is 0 Å². The van der Waals surface area contributed by atoms with Gasteiger partial charge in [-0.1, -0.05) is 124 Å². The van der Waals surface area contributed by atoms with Gasteiger partial charge in [-0.05, 0) is 54.9 Å². The summed E-state index contributed by atoms with van der Waals surface area (Å²) in [7, 11) is 0. The zero-order chi connectivity index (χ0) is 33.9. The van der Waals surface area contributed by atoms with E-state index in [-0.39, 0.29) is 165 Å². The van der Waals surface area contributed by atoms with E-state index in [2.05, 4.69) is 0 Å². The van der Waals surface area contributed by atoms with Crippen molar-refractivity contribution in [3.05, 3.63) is 141 Å². The molecule has 0 saturated carbocycles. The van der Waals surface area contributed by atoms with E-state index in [1.54, 1.807) is 66.7 Å². The van der Waals surface area contributed by atoms with Gasteiger partial charge in [0, 0.05) is 22.3 Å². The fraction of sp³-hybridized carbons (Fsp3) is 0.243. The number of rotatable bonds is 8. The molecule has 0 radical (unpaired) electrons. The second-order valence-corrected chi connectivity index (χ2v) is 9.70. The van der Waals surface area contributed by atoms with E-state index < -0.39 is 23.9 Å². The van der Waals surface area contributed by atoms with Gasteiger partial charge in [-0.2, -0.15) is 0 Å². The van der Waals surface area contributed by atoms with Crippen LogP contribution in [0.5, 0.6) is 0 Å². The number of hydrogen-bond acceptors (Lipinski definition) is 8. The zero-order valence-electron chi connectivity index (χ0n) is 31.1. The maximum absolute atomic E-state index is 10.6.